The summed E-state index contributed by atoms with van der Waals surface area (Å²) in [5, 5.41) is 8.99. The summed E-state index contributed by atoms with van der Waals surface area (Å²) in [6.45, 7) is 9.82. The minimum atomic E-state index is -0.843. The SMILES string of the molecule is CCOC(CCN1CC(C)CC(C)C1)C(=O)O. The summed E-state index contributed by atoms with van der Waals surface area (Å²) in [4.78, 5) is 13.3. The maximum atomic E-state index is 10.9. The quantitative estimate of drug-likeness (QED) is 0.773. The highest BCUT2D eigenvalue weighted by Gasteiger charge is 2.24. The molecule has 3 unspecified atom stereocenters. The summed E-state index contributed by atoms with van der Waals surface area (Å²) in [6, 6.07) is 0. The zero-order valence-corrected chi connectivity index (χ0v) is 11.2. The molecule has 17 heavy (non-hydrogen) atoms. The molecule has 1 aliphatic heterocycles. The number of carboxylic acid groups (broad SMARTS) is 1. The molecule has 0 aromatic rings. The van der Waals surface area contributed by atoms with Gasteiger partial charge in [0, 0.05) is 26.2 Å². The third kappa shape index (κ3) is 5.04. The number of hydrogen-bond donors (Lipinski definition) is 1. The molecule has 1 saturated heterocycles. The zero-order valence-electron chi connectivity index (χ0n) is 11.2. The van der Waals surface area contributed by atoms with Gasteiger partial charge in [0.05, 0.1) is 0 Å². The molecule has 1 aliphatic rings. The smallest absolute Gasteiger partial charge is 0.332 e. The van der Waals surface area contributed by atoms with Gasteiger partial charge in [0.2, 0.25) is 0 Å². The van der Waals surface area contributed by atoms with E-state index in [1.54, 1.807) is 0 Å². The summed E-state index contributed by atoms with van der Waals surface area (Å²) in [5.74, 6) is 0.591. The van der Waals surface area contributed by atoms with Crippen molar-refractivity contribution in [3.63, 3.8) is 0 Å². The first-order valence-electron chi connectivity index (χ1n) is 6.59. The van der Waals surface area contributed by atoms with Gasteiger partial charge in [0.15, 0.2) is 6.10 Å². The number of nitrogens with zero attached hydrogens (tertiary/aromatic N) is 1. The Morgan fingerprint density at radius 3 is 2.47 bits per heavy atom. The van der Waals surface area contributed by atoms with Crippen LogP contribution in [0.1, 0.15) is 33.6 Å². The number of hydrogen-bond acceptors (Lipinski definition) is 3. The molecule has 100 valence electrons. The predicted octanol–water partition coefficient (Wildman–Crippen LogP) is 1.84. The minimum absolute atomic E-state index is 0.462. The van der Waals surface area contributed by atoms with Crippen LogP contribution in [0.25, 0.3) is 0 Å². The predicted molar refractivity (Wildman–Crippen MR) is 67.1 cm³/mol. The molecular formula is C13H25NO3. The highest BCUT2D eigenvalue weighted by atomic mass is 16.5. The normalized spacial score (nSPS) is 27.9. The number of rotatable bonds is 6. The molecule has 4 nitrogen and oxygen atoms in total. The monoisotopic (exact) mass is 243 g/mol. The number of ether oxygens (including phenoxy) is 1. The summed E-state index contributed by atoms with van der Waals surface area (Å²) in [7, 11) is 0. The fourth-order valence-corrected chi connectivity index (χ4v) is 2.75. The molecule has 0 aliphatic carbocycles. The molecule has 0 amide bonds. The Kier molecular flexibility index (Phi) is 5.92. The van der Waals surface area contributed by atoms with E-state index in [4.69, 9.17) is 9.84 Å². The van der Waals surface area contributed by atoms with E-state index in [1.807, 2.05) is 6.92 Å². The molecule has 0 bridgehead atoms. The number of piperidine rings is 1. The Balaban J connectivity index is 2.35. The number of carbonyl (C=O) groups is 1. The first-order chi connectivity index (χ1) is 8.02. The van der Waals surface area contributed by atoms with Crippen molar-refractivity contribution in [3.05, 3.63) is 0 Å². The van der Waals surface area contributed by atoms with Crippen molar-refractivity contribution in [1.29, 1.82) is 0 Å². The van der Waals surface area contributed by atoms with Crippen LogP contribution in [-0.4, -0.2) is 48.3 Å². The molecule has 0 aromatic carbocycles. The minimum Gasteiger partial charge on any atom is -0.479 e. The van der Waals surface area contributed by atoms with Crippen molar-refractivity contribution in [1.82, 2.24) is 4.90 Å². The van der Waals surface area contributed by atoms with E-state index in [-0.39, 0.29) is 0 Å². The van der Waals surface area contributed by atoms with Gasteiger partial charge >= 0.3 is 5.97 Å². The Morgan fingerprint density at radius 1 is 1.41 bits per heavy atom. The Bertz CT molecular complexity index is 235. The molecule has 1 N–H and O–H groups in total. The van der Waals surface area contributed by atoms with Gasteiger partial charge < -0.3 is 14.7 Å². The molecular weight excluding hydrogens is 218 g/mol. The fourth-order valence-electron chi connectivity index (χ4n) is 2.75. The highest BCUT2D eigenvalue weighted by molar-refractivity contribution is 5.72. The Morgan fingerprint density at radius 2 is 2.00 bits per heavy atom. The lowest BCUT2D eigenvalue weighted by molar-refractivity contribution is -0.150. The molecule has 0 radical (unpaired) electrons. The van der Waals surface area contributed by atoms with Gasteiger partial charge in [-0.2, -0.15) is 0 Å². The summed E-state index contributed by atoms with van der Waals surface area (Å²) in [5.41, 5.74) is 0. The molecule has 1 rings (SSSR count). The van der Waals surface area contributed by atoms with Crippen LogP contribution in [0, 0.1) is 11.8 Å². The zero-order chi connectivity index (χ0) is 12.8. The lowest BCUT2D eigenvalue weighted by atomic mass is 9.92. The first kappa shape index (κ1) is 14.5. The molecule has 4 heteroatoms. The summed E-state index contributed by atoms with van der Waals surface area (Å²) in [6.07, 6.45) is 1.22. The third-order valence-electron chi connectivity index (χ3n) is 3.30. The van der Waals surface area contributed by atoms with Crippen LogP contribution in [0.5, 0.6) is 0 Å². The molecule has 0 spiro atoms. The fraction of sp³-hybridized carbons (Fsp3) is 0.923. The van der Waals surface area contributed by atoms with Gasteiger partial charge in [-0.25, -0.2) is 4.79 Å². The van der Waals surface area contributed by atoms with Gasteiger partial charge in [-0.1, -0.05) is 13.8 Å². The molecule has 1 fully saturated rings. The van der Waals surface area contributed by atoms with Crippen LogP contribution in [0.3, 0.4) is 0 Å². The van der Waals surface area contributed by atoms with Crippen molar-refractivity contribution in [2.75, 3.05) is 26.2 Å². The van der Waals surface area contributed by atoms with E-state index in [9.17, 15) is 4.79 Å². The van der Waals surface area contributed by atoms with Crippen LogP contribution in [-0.2, 0) is 9.53 Å². The first-order valence-corrected chi connectivity index (χ1v) is 6.59. The Hall–Kier alpha value is -0.610. The van der Waals surface area contributed by atoms with Gasteiger partial charge in [0.1, 0.15) is 0 Å². The standard InChI is InChI=1S/C13H25NO3/c1-4-17-12(13(15)16)5-6-14-8-10(2)7-11(3)9-14/h10-12H,4-9H2,1-3H3,(H,15,16). The van der Waals surface area contributed by atoms with E-state index in [2.05, 4.69) is 18.7 Å². The number of likely N-dealkylation sites (tertiary alicyclic amines) is 1. The second-order valence-corrected chi connectivity index (χ2v) is 5.28. The van der Waals surface area contributed by atoms with Crippen LogP contribution in [0.2, 0.25) is 0 Å². The van der Waals surface area contributed by atoms with Crippen LogP contribution in [0.4, 0.5) is 0 Å². The van der Waals surface area contributed by atoms with E-state index in [0.29, 0.717) is 24.9 Å². The number of carboxylic acids is 1. The summed E-state index contributed by atoms with van der Waals surface area (Å²) >= 11 is 0. The second-order valence-electron chi connectivity index (χ2n) is 5.28. The molecule has 3 atom stereocenters. The van der Waals surface area contributed by atoms with E-state index in [1.165, 1.54) is 6.42 Å². The van der Waals surface area contributed by atoms with Crippen molar-refractivity contribution >= 4 is 5.97 Å². The van der Waals surface area contributed by atoms with Crippen molar-refractivity contribution < 1.29 is 14.6 Å². The van der Waals surface area contributed by atoms with Crippen LogP contribution < -0.4 is 0 Å². The average molecular weight is 243 g/mol. The molecule has 0 aromatic heterocycles. The van der Waals surface area contributed by atoms with E-state index in [0.717, 1.165) is 19.6 Å². The number of aliphatic carboxylic acids is 1. The van der Waals surface area contributed by atoms with Crippen LogP contribution in [0.15, 0.2) is 0 Å². The topological polar surface area (TPSA) is 49.8 Å². The van der Waals surface area contributed by atoms with Gasteiger partial charge in [-0.15, -0.1) is 0 Å². The summed E-state index contributed by atoms with van der Waals surface area (Å²) < 4.78 is 5.22. The average Bonchev–Trinajstić information content (AvgIpc) is 2.22. The Labute approximate surface area is 104 Å². The van der Waals surface area contributed by atoms with E-state index < -0.39 is 12.1 Å². The lowest BCUT2D eigenvalue weighted by Crippen LogP contribution is -2.41. The molecule has 0 saturated carbocycles. The van der Waals surface area contributed by atoms with Gasteiger partial charge in [-0.05, 0) is 31.6 Å². The third-order valence-corrected chi connectivity index (χ3v) is 3.30. The maximum absolute atomic E-state index is 10.9. The van der Waals surface area contributed by atoms with Gasteiger partial charge in [-0.3, -0.25) is 0 Å². The van der Waals surface area contributed by atoms with Crippen LogP contribution >= 0.6 is 0 Å². The van der Waals surface area contributed by atoms with Crippen molar-refractivity contribution in [2.45, 2.75) is 39.7 Å². The van der Waals surface area contributed by atoms with E-state index >= 15 is 0 Å². The van der Waals surface area contributed by atoms with Crippen molar-refractivity contribution in [2.24, 2.45) is 11.8 Å². The van der Waals surface area contributed by atoms with Crippen molar-refractivity contribution in [3.8, 4) is 0 Å². The maximum Gasteiger partial charge on any atom is 0.332 e. The lowest BCUT2D eigenvalue weighted by Gasteiger charge is -2.35. The largest absolute Gasteiger partial charge is 0.479 e. The van der Waals surface area contributed by atoms with Gasteiger partial charge in [0.25, 0.3) is 0 Å². The molecule has 1 heterocycles. The highest BCUT2D eigenvalue weighted by Crippen LogP contribution is 2.21. The second kappa shape index (κ2) is 6.97.